The number of thiophene rings is 1. The molecule has 8 heteroatoms. The van der Waals surface area contributed by atoms with Crippen molar-refractivity contribution in [1.29, 1.82) is 0 Å². The number of aromatic nitrogens is 1. The number of hydrogen-bond donors (Lipinski definition) is 1. The Morgan fingerprint density at radius 3 is 2.82 bits per heavy atom. The van der Waals surface area contributed by atoms with Gasteiger partial charge in [-0.15, -0.1) is 16.4 Å². The first-order valence-electron chi connectivity index (χ1n) is 11.8. The first-order chi connectivity index (χ1) is 16.0. The molecule has 1 aliphatic carbocycles. The van der Waals surface area contributed by atoms with E-state index in [2.05, 4.69) is 6.07 Å². The van der Waals surface area contributed by atoms with Crippen molar-refractivity contribution in [3.63, 3.8) is 0 Å². The van der Waals surface area contributed by atoms with E-state index in [-0.39, 0.29) is 11.0 Å². The van der Waals surface area contributed by atoms with Crippen molar-refractivity contribution in [2.24, 2.45) is 0 Å². The molecule has 2 aliphatic rings. The van der Waals surface area contributed by atoms with Crippen LogP contribution < -0.4 is 4.74 Å². The molecule has 3 heterocycles. The highest BCUT2D eigenvalue weighted by atomic mass is 32.1. The summed E-state index contributed by atoms with van der Waals surface area (Å²) in [6.45, 7) is 3.05. The topological polar surface area (TPSA) is 81.1 Å². The third-order valence-corrected chi connectivity index (χ3v) is 7.90. The monoisotopic (exact) mass is 474 g/mol. The molecule has 1 unspecified atom stereocenters. The van der Waals surface area contributed by atoms with Crippen LogP contribution in [0.5, 0.6) is 5.75 Å². The molecule has 1 spiro atoms. The highest BCUT2D eigenvalue weighted by Crippen LogP contribution is 2.49. The van der Waals surface area contributed by atoms with Crippen molar-refractivity contribution in [3.8, 4) is 5.75 Å². The molecule has 2 aromatic heterocycles. The highest BCUT2D eigenvalue weighted by molar-refractivity contribution is 7.10. The number of hydrogen-bond acceptors (Lipinski definition) is 8. The number of carbonyl (C=O) groups is 1. The molecule has 0 radical (unpaired) electrons. The van der Waals surface area contributed by atoms with Crippen molar-refractivity contribution in [2.45, 2.75) is 75.5 Å². The van der Waals surface area contributed by atoms with Crippen LogP contribution in [0.4, 0.5) is 0 Å². The Kier molecular flexibility index (Phi) is 7.69. The lowest BCUT2D eigenvalue weighted by atomic mass is 9.68. The van der Waals surface area contributed by atoms with Gasteiger partial charge in [-0.1, -0.05) is 18.9 Å². The van der Waals surface area contributed by atoms with E-state index in [1.165, 1.54) is 19.8 Å². The lowest BCUT2D eigenvalue weighted by Crippen LogP contribution is -2.48. The first kappa shape index (κ1) is 24.1. The van der Waals surface area contributed by atoms with Crippen molar-refractivity contribution >= 4 is 17.3 Å². The minimum Gasteiger partial charge on any atom is -0.496 e. The van der Waals surface area contributed by atoms with Gasteiger partial charge in [0.25, 0.3) is 0 Å². The zero-order valence-corrected chi connectivity index (χ0v) is 20.3. The summed E-state index contributed by atoms with van der Waals surface area (Å²) in [4.78, 5) is 23.6. The van der Waals surface area contributed by atoms with E-state index in [4.69, 9.17) is 19.3 Å². The van der Waals surface area contributed by atoms with Crippen LogP contribution in [-0.4, -0.2) is 53.1 Å². The molecule has 0 aromatic carbocycles. The third kappa shape index (κ3) is 5.57. The Hall–Kier alpha value is -2.00. The van der Waals surface area contributed by atoms with Gasteiger partial charge in [0.05, 0.1) is 24.1 Å². The van der Waals surface area contributed by atoms with Crippen LogP contribution >= 0.6 is 11.3 Å². The van der Waals surface area contributed by atoms with E-state index in [1.807, 2.05) is 29.8 Å². The fourth-order valence-electron chi connectivity index (χ4n) is 5.28. The van der Waals surface area contributed by atoms with Crippen molar-refractivity contribution in [2.75, 3.05) is 20.3 Å². The third-order valence-electron chi connectivity index (χ3n) is 7.02. The molecule has 4 rings (SSSR count). The Morgan fingerprint density at radius 1 is 1.30 bits per heavy atom. The number of hydroxylamine groups is 2. The maximum atomic E-state index is 12.3. The molecule has 1 N–H and O–H groups in total. The molecule has 33 heavy (non-hydrogen) atoms. The number of rotatable bonds is 9. The Balaban J connectivity index is 1.57. The molecule has 2 aromatic rings. The predicted molar refractivity (Wildman–Crippen MR) is 126 cm³/mol. The predicted octanol–water partition coefficient (Wildman–Crippen LogP) is 4.24. The van der Waals surface area contributed by atoms with Crippen molar-refractivity contribution < 1.29 is 24.2 Å². The second-order valence-electron chi connectivity index (χ2n) is 9.27. The van der Waals surface area contributed by atoms with Gasteiger partial charge in [0, 0.05) is 30.5 Å². The maximum absolute atomic E-state index is 12.3. The summed E-state index contributed by atoms with van der Waals surface area (Å²) in [5.74, 6) is 0.116. The molecule has 180 valence electrons. The number of carbonyl (C=O) groups excluding carboxylic acids is 1. The minimum atomic E-state index is -1.19. The van der Waals surface area contributed by atoms with Crippen LogP contribution in [0.2, 0.25) is 0 Å². The Morgan fingerprint density at radius 2 is 2.12 bits per heavy atom. The summed E-state index contributed by atoms with van der Waals surface area (Å²) >= 11 is 1.56. The van der Waals surface area contributed by atoms with Gasteiger partial charge in [0.15, 0.2) is 6.10 Å². The smallest absolute Gasteiger partial charge is 0.353 e. The maximum Gasteiger partial charge on any atom is 0.353 e. The van der Waals surface area contributed by atoms with Crippen LogP contribution in [0, 0.1) is 0 Å². The van der Waals surface area contributed by atoms with E-state index >= 15 is 0 Å². The average molecular weight is 475 g/mol. The second-order valence-corrected chi connectivity index (χ2v) is 10.3. The molecule has 1 saturated carbocycles. The minimum absolute atomic E-state index is 0.0755. The second kappa shape index (κ2) is 10.5. The summed E-state index contributed by atoms with van der Waals surface area (Å²) in [7, 11) is 1.64. The van der Waals surface area contributed by atoms with Gasteiger partial charge in [-0.25, -0.2) is 4.79 Å². The largest absolute Gasteiger partial charge is 0.496 e. The van der Waals surface area contributed by atoms with Gasteiger partial charge >= 0.3 is 5.97 Å². The number of methoxy groups -OCH3 is 1. The van der Waals surface area contributed by atoms with E-state index in [9.17, 15) is 9.90 Å². The molecule has 2 atom stereocenters. The molecular weight excluding hydrogens is 440 g/mol. The van der Waals surface area contributed by atoms with Gasteiger partial charge in [-0.3, -0.25) is 4.98 Å². The van der Waals surface area contributed by atoms with Crippen molar-refractivity contribution in [3.05, 3.63) is 46.4 Å². The molecule has 0 amide bonds. The normalized spacial score (nSPS) is 23.0. The zero-order chi connectivity index (χ0) is 23.3. The number of nitrogens with zero attached hydrogens (tertiary/aromatic N) is 2. The number of aliphatic hydroxyl groups is 1. The van der Waals surface area contributed by atoms with E-state index in [0.29, 0.717) is 19.7 Å². The fourth-order valence-corrected chi connectivity index (χ4v) is 6.12. The molecule has 7 nitrogen and oxygen atoms in total. The SMILES string of the molecule is COc1ccsc1CN(CC[C@@]1(c2ccccn2)CCOC2(CCCC2)C1)OC(=O)C(C)O. The Labute approximate surface area is 199 Å². The number of ether oxygens (including phenoxy) is 2. The summed E-state index contributed by atoms with van der Waals surface area (Å²) in [6, 6.07) is 8.01. The summed E-state index contributed by atoms with van der Waals surface area (Å²) in [5.41, 5.74) is 0.849. The summed E-state index contributed by atoms with van der Waals surface area (Å²) in [6.07, 6.45) is 7.84. The van der Waals surface area contributed by atoms with Crippen LogP contribution in [0.1, 0.15) is 62.4 Å². The van der Waals surface area contributed by atoms with Crippen LogP contribution in [0.25, 0.3) is 0 Å². The standard InChI is InChI=1S/C25H34N2O5S/c1-19(28)23(29)32-27(17-21-20(30-2)8-16-33-21)14-11-24(22-7-3-6-13-26-22)12-15-31-25(18-24)9-4-5-10-25/h3,6-8,13,16,19,28H,4-5,9-12,14-15,17-18H2,1-2H3/t19?,24-/m1/s1. The molecule has 2 fully saturated rings. The van der Waals surface area contributed by atoms with Gasteiger partial charge in [0.2, 0.25) is 0 Å². The first-order valence-corrected chi connectivity index (χ1v) is 12.6. The van der Waals surface area contributed by atoms with Gasteiger partial charge in [0.1, 0.15) is 5.75 Å². The highest BCUT2D eigenvalue weighted by Gasteiger charge is 2.48. The Bertz CT molecular complexity index is 913. The lowest BCUT2D eigenvalue weighted by molar-refractivity contribution is -0.204. The molecule has 1 aliphatic heterocycles. The average Bonchev–Trinajstić information content (AvgIpc) is 3.47. The zero-order valence-electron chi connectivity index (χ0n) is 19.5. The molecule has 1 saturated heterocycles. The summed E-state index contributed by atoms with van der Waals surface area (Å²) in [5, 5.41) is 13.3. The lowest BCUT2D eigenvalue weighted by Gasteiger charge is -2.47. The number of pyridine rings is 1. The van der Waals surface area contributed by atoms with E-state index in [0.717, 1.165) is 48.4 Å². The number of aliphatic hydroxyl groups excluding tert-OH is 1. The van der Waals surface area contributed by atoms with Crippen LogP contribution in [0.15, 0.2) is 35.8 Å². The van der Waals surface area contributed by atoms with E-state index < -0.39 is 12.1 Å². The van der Waals surface area contributed by atoms with E-state index in [1.54, 1.807) is 23.5 Å². The van der Waals surface area contributed by atoms with Gasteiger partial charge in [-0.05, 0) is 62.6 Å². The van der Waals surface area contributed by atoms with Crippen LogP contribution in [0.3, 0.4) is 0 Å². The quantitative estimate of drug-likeness (QED) is 0.544. The van der Waals surface area contributed by atoms with Gasteiger partial charge in [-0.2, -0.15) is 0 Å². The van der Waals surface area contributed by atoms with Crippen LogP contribution in [-0.2, 0) is 26.3 Å². The molecular formula is C25H34N2O5S. The van der Waals surface area contributed by atoms with Gasteiger partial charge < -0.3 is 19.4 Å². The van der Waals surface area contributed by atoms with Crippen molar-refractivity contribution in [1.82, 2.24) is 10.0 Å². The molecule has 0 bridgehead atoms. The summed E-state index contributed by atoms with van der Waals surface area (Å²) < 4.78 is 11.8. The fraction of sp³-hybridized carbons (Fsp3) is 0.600.